The molecule has 0 unspecified atom stereocenters. The maximum Gasteiger partial charge on any atom is 0.311 e. The van der Waals surface area contributed by atoms with Gasteiger partial charge in [0.2, 0.25) is 0 Å². The van der Waals surface area contributed by atoms with Gasteiger partial charge in [-0.3, -0.25) is 19.7 Å². The number of nitro benzene ring substituents is 1. The van der Waals surface area contributed by atoms with Crippen molar-refractivity contribution in [1.29, 1.82) is 0 Å². The summed E-state index contributed by atoms with van der Waals surface area (Å²) in [6, 6.07) is 20.4. The first-order chi connectivity index (χ1) is 22.6. The molecule has 5 rings (SSSR count). The third kappa shape index (κ3) is 7.17. The number of amides is 1. The fraction of sp³-hybridized carbons (Fsp3) is 0.200. The molecule has 1 heterocycles. The van der Waals surface area contributed by atoms with Gasteiger partial charge in [-0.15, -0.1) is 0 Å². The van der Waals surface area contributed by atoms with Gasteiger partial charge < -0.3 is 14.8 Å². The number of aromatic nitrogens is 2. The molecule has 47 heavy (non-hydrogen) atoms. The van der Waals surface area contributed by atoms with Crippen LogP contribution in [0.5, 0.6) is 11.5 Å². The topological polar surface area (TPSA) is 138 Å². The number of carbonyl (C=O) groups excluding carboxylic acids is 1. The summed E-state index contributed by atoms with van der Waals surface area (Å²) in [4.78, 5) is 42.2. The number of nitrogens with zero attached hydrogens (tertiary/aromatic N) is 4. The van der Waals surface area contributed by atoms with E-state index in [1.807, 2.05) is 39.8 Å². The van der Waals surface area contributed by atoms with Crippen LogP contribution in [0.3, 0.4) is 0 Å². The van der Waals surface area contributed by atoms with E-state index < -0.39 is 34.5 Å². The summed E-state index contributed by atoms with van der Waals surface area (Å²) < 4.78 is 26.3. The van der Waals surface area contributed by atoms with Crippen molar-refractivity contribution in [2.45, 2.75) is 33.6 Å². The highest BCUT2D eigenvalue weighted by atomic mass is 19.1. The molecule has 0 radical (unpaired) electrons. The molecule has 5 aromatic rings. The van der Waals surface area contributed by atoms with Gasteiger partial charge in [0.15, 0.2) is 18.2 Å². The Morgan fingerprint density at radius 1 is 1.06 bits per heavy atom. The lowest BCUT2D eigenvalue weighted by Gasteiger charge is -2.18. The number of carbonyl (C=O) groups is 1. The lowest BCUT2D eigenvalue weighted by Crippen LogP contribution is -2.21. The number of ether oxygens (including phenoxy) is 2. The summed E-state index contributed by atoms with van der Waals surface area (Å²) in [6.45, 7) is 7.81. The molecule has 11 nitrogen and oxygen atoms in total. The second-order valence-corrected chi connectivity index (χ2v) is 10.9. The Hall–Kier alpha value is -5.91. The maximum atomic E-state index is 13.9. The molecule has 0 fully saturated rings. The minimum Gasteiger partial charge on any atom is -0.494 e. The second kappa shape index (κ2) is 14.0. The minimum absolute atomic E-state index is 0.0409. The van der Waals surface area contributed by atoms with Crippen LogP contribution in [0, 0.1) is 22.9 Å². The SMILES string of the molecule is CCOc1cc(C)c(-c2nc3ccccc3c(=O)n2N=Cc2ccc(OCC(=O)Nc3ccccc3F)c([N+](=O)[O-])c2)cc1C(C)C. The summed E-state index contributed by atoms with van der Waals surface area (Å²) in [5, 5.41) is 19.1. The van der Waals surface area contributed by atoms with Crippen LogP contribution in [0.4, 0.5) is 15.8 Å². The van der Waals surface area contributed by atoms with E-state index in [2.05, 4.69) is 10.4 Å². The first-order valence-electron chi connectivity index (χ1n) is 14.9. The predicted octanol–water partition coefficient (Wildman–Crippen LogP) is 6.84. The summed E-state index contributed by atoms with van der Waals surface area (Å²) >= 11 is 0. The molecule has 0 saturated carbocycles. The monoisotopic (exact) mass is 637 g/mol. The number of nitrogens with one attached hydrogen (secondary N) is 1. The number of hydrogen-bond acceptors (Lipinski definition) is 8. The van der Waals surface area contributed by atoms with E-state index in [1.165, 1.54) is 47.3 Å². The standard InChI is InChI=1S/C35H32FN5O6/c1-5-46-32-16-22(4)26(18-25(32)21(2)3)34-39-28-12-8-6-10-24(28)35(43)40(34)37-19-23-14-15-31(30(17-23)41(44)45)47-20-33(42)38-29-13-9-7-11-27(29)36/h6-19,21H,5,20H2,1-4H3,(H,38,42). The van der Waals surface area contributed by atoms with Crippen LogP contribution >= 0.6 is 0 Å². The summed E-state index contributed by atoms with van der Waals surface area (Å²) in [5.74, 6) is -0.337. The zero-order chi connectivity index (χ0) is 33.7. The molecule has 0 bridgehead atoms. The van der Waals surface area contributed by atoms with E-state index in [-0.39, 0.29) is 22.9 Å². The molecule has 1 N–H and O–H groups in total. The highest BCUT2D eigenvalue weighted by molar-refractivity contribution is 5.92. The van der Waals surface area contributed by atoms with Crippen LogP contribution in [-0.4, -0.2) is 39.9 Å². The molecule has 0 aliphatic heterocycles. The van der Waals surface area contributed by atoms with Gasteiger partial charge in [0.25, 0.3) is 11.5 Å². The van der Waals surface area contributed by atoms with Gasteiger partial charge in [0.1, 0.15) is 11.6 Å². The number of aryl methyl sites for hydroxylation is 1. The second-order valence-electron chi connectivity index (χ2n) is 10.9. The number of benzene rings is 4. The number of nitro groups is 1. The van der Waals surface area contributed by atoms with Gasteiger partial charge >= 0.3 is 5.69 Å². The first kappa shape index (κ1) is 32.5. The van der Waals surface area contributed by atoms with Gasteiger partial charge in [-0.05, 0) is 79.4 Å². The van der Waals surface area contributed by atoms with E-state index in [4.69, 9.17) is 14.5 Å². The fourth-order valence-corrected chi connectivity index (χ4v) is 4.97. The zero-order valence-electron chi connectivity index (χ0n) is 26.2. The zero-order valence-corrected chi connectivity index (χ0v) is 26.2. The Bertz CT molecular complexity index is 2070. The minimum atomic E-state index is -0.698. The smallest absolute Gasteiger partial charge is 0.311 e. The van der Waals surface area contributed by atoms with Crippen LogP contribution in [0.25, 0.3) is 22.3 Å². The normalized spacial score (nSPS) is 11.3. The quantitative estimate of drug-likeness (QED) is 0.0951. The molecule has 1 amide bonds. The van der Waals surface area contributed by atoms with Crippen molar-refractivity contribution in [2.75, 3.05) is 18.5 Å². The van der Waals surface area contributed by atoms with E-state index in [0.29, 0.717) is 28.9 Å². The molecule has 4 aromatic carbocycles. The number of para-hydroxylation sites is 2. The third-order valence-corrected chi connectivity index (χ3v) is 7.28. The molecule has 0 aliphatic carbocycles. The first-order valence-corrected chi connectivity index (χ1v) is 14.9. The number of halogens is 1. The molecule has 12 heteroatoms. The number of anilines is 1. The molecule has 0 atom stereocenters. The van der Waals surface area contributed by atoms with Crippen molar-refractivity contribution in [1.82, 2.24) is 9.66 Å². The van der Waals surface area contributed by atoms with Crippen LogP contribution < -0.4 is 20.3 Å². The van der Waals surface area contributed by atoms with Crippen molar-refractivity contribution in [3.63, 3.8) is 0 Å². The lowest BCUT2D eigenvalue weighted by atomic mass is 9.96. The Labute approximate surface area is 269 Å². The molecular formula is C35H32FN5O6. The molecule has 0 saturated heterocycles. The van der Waals surface area contributed by atoms with Crippen LogP contribution in [0.1, 0.15) is 43.4 Å². The average Bonchev–Trinajstić information content (AvgIpc) is 3.04. The summed E-state index contributed by atoms with van der Waals surface area (Å²) in [7, 11) is 0. The van der Waals surface area contributed by atoms with E-state index in [1.54, 1.807) is 30.3 Å². The Kier molecular flexibility index (Phi) is 9.69. The van der Waals surface area contributed by atoms with Crippen LogP contribution in [0.2, 0.25) is 0 Å². The Morgan fingerprint density at radius 2 is 1.81 bits per heavy atom. The number of hydrogen-bond donors (Lipinski definition) is 1. The van der Waals surface area contributed by atoms with E-state index in [0.717, 1.165) is 16.9 Å². The van der Waals surface area contributed by atoms with Crippen LogP contribution in [-0.2, 0) is 4.79 Å². The van der Waals surface area contributed by atoms with Crippen LogP contribution in [0.15, 0.2) is 88.8 Å². The fourth-order valence-electron chi connectivity index (χ4n) is 4.97. The summed E-state index contributed by atoms with van der Waals surface area (Å²) in [6.07, 6.45) is 1.32. The van der Waals surface area contributed by atoms with Crippen molar-refractivity contribution < 1.29 is 23.6 Å². The van der Waals surface area contributed by atoms with Gasteiger partial charge in [-0.1, -0.05) is 38.1 Å². The van der Waals surface area contributed by atoms with Crippen molar-refractivity contribution >= 4 is 34.4 Å². The summed E-state index contributed by atoms with van der Waals surface area (Å²) in [5.41, 5.74) is 2.34. The average molecular weight is 638 g/mol. The van der Waals surface area contributed by atoms with Gasteiger partial charge in [-0.2, -0.15) is 9.78 Å². The Morgan fingerprint density at radius 3 is 2.53 bits per heavy atom. The highest BCUT2D eigenvalue weighted by Crippen LogP contribution is 2.34. The number of fused-ring (bicyclic) bond motifs is 1. The van der Waals surface area contributed by atoms with Crippen molar-refractivity contribution in [3.05, 3.63) is 122 Å². The molecule has 0 aliphatic rings. The van der Waals surface area contributed by atoms with Gasteiger partial charge in [-0.25, -0.2) is 9.37 Å². The molecule has 240 valence electrons. The largest absolute Gasteiger partial charge is 0.494 e. The predicted molar refractivity (Wildman–Crippen MR) is 178 cm³/mol. The highest BCUT2D eigenvalue weighted by Gasteiger charge is 2.20. The third-order valence-electron chi connectivity index (χ3n) is 7.28. The number of rotatable bonds is 11. The Balaban J connectivity index is 1.51. The molecular weight excluding hydrogens is 605 g/mol. The lowest BCUT2D eigenvalue weighted by molar-refractivity contribution is -0.385. The van der Waals surface area contributed by atoms with Crippen molar-refractivity contribution in [2.24, 2.45) is 5.10 Å². The molecule has 0 spiro atoms. The maximum absolute atomic E-state index is 13.9. The molecule has 1 aromatic heterocycles. The van der Waals surface area contributed by atoms with E-state index in [9.17, 15) is 24.1 Å². The van der Waals surface area contributed by atoms with Gasteiger partial charge in [0.05, 0.1) is 34.3 Å². The van der Waals surface area contributed by atoms with E-state index >= 15 is 0 Å². The van der Waals surface area contributed by atoms with Gasteiger partial charge in [0, 0.05) is 17.2 Å². The van der Waals surface area contributed by atoms with Crippen molar-refractivity contribution in [3.8, 4) is 22.9 Å².